The highest BCUT2D eigenvalue weighted by molar-refractivity contribution is 7.92. The second kappa shape index (κ2) is 8.47. The smallest absolute Gasteiger partial charge is 0.410 e. The molecule has 0 aromatic heterocycles. The van der Waals surface area contributed by atoms with E-state index in [2.05, 4.69) is 0 Å². The molecule has 0 N–H and O–H groups in total. The van der Waals surface area contributed by atoms with Gasteiger partial charge in [-0.05, 0) is 50.6 Å². The van der Waals surface area contributed by atoms with Crippen LogP contribution in [0.1, 0.15) is 26.3 Å². The van der Waals surface area contributed by atoms with Gasteiger partial charge in [-0.25, -0.2) is 13.2 Å². The lowest BCUT2D eigenvalue weighted by atomic mass is 10.2. The third-order valence-corrected chi connectivity index (χ3v) is 6.61. The van der Waals surface area contributed by atoms with Gasteiger partial charge in [-0.1, -0.05) is 30.3 Å². The minimum atomic E-state index is -3.94. The number of hydrogen-bond acceptors (Lipinski definition) is 6. The lowest BCUT2D eigenvalue weighted by Crippen LogP contribution is -2.36. The van der Waals surface area contributed by atoms with Gasteiger partial charge in [0.2, 0.25) is 0 Å². The molecule has 2 aromatic carbocycles. The van der Waals surface area contributed by atoms with Crippen molar-refractivity contribution in [2.24, 2.45) is 0 Å². The van der Waals surface area contributed by atoms with Crippen molar-refractivity contribution in [2.75, 3.05) is 13.1 Å². The second-order valence-corrected chi connectivity index (χ2v) is 10.2. The molecule has 3 rings (SSSR count). The molecule has 0 saturated carbocycles. The standard InChI is InChI=1S/C22H25NO6S/c1-22(2,3)29-21(25)23-13-19(24)20(14-23)30(26,27)18-11-9-17(10-12-18)28-15-16-7-5-4-6-8-16/h4-12,20H,13-15H2,1-3H3/t20-/m0/s1. The summed E-state index contributed by atoms with van der Waals surface area (Å²) < 4.78 is 36.8. The Labute approximate surface area is 176 Å². The number of ether oxygens (including phenoxy) is 2. The molecule has 0 bridgehead atoms. The van der Waals surface area contributed by atoms with Crippen LogP contribution in [0.25, 0.3) is 0 Å². The highest BCUT2D eigenvalue weighted by Crippen LogP contribution is 2.25. The molecule has 1 heterocycles. The first-order valence-electron chi connectivity index (χ1n) is 9.57. The number of amides is 1. The number of sulfone groups is 1. The van der Waals surface area contributed by atoms with Crippen molar-refractivity contribution in [2.45, 2.75) is 43.1 Å². The molecule has 30 heavy (non-hydrogen) atoms. The number of hydrogen-bond donors (Lipinski definition) is 0. The lowest BCUT2D eigenvalue weighted by Gasteiger charge is -2.23. The summed E-state index contributed by atoms with van der Waals surface area (Å²) in [5, 5.41) is -1.30. The summed E-state index contributed by atoms with van der Waals surface area (Å²) in [7, 11) is -3.94. The third kappa shape index (κ3) is 5.18. The van der Waals surface area contributed by atoms with Crippen molar-refractivity contribution < 1.29 is 27.5 Å². The average Bonchev–Trinajstić information content (AvgIpc) is 3.09. The van der Waals surface area contributed by atoms with E-state index in [4.69, 9.17) is 9.47 Å². The van der Waals surface area contributed by atoms with E-state index >= 15 is 0 Å². The maximum Gasteiger partial charge on any atom is 0.410 e. The van der Waals surface area contributed by atoms with Crippen LogP contribution in [0.2, 0.25) is 0 Å². The molecule has 8 heteroatoms. The molecule has 1 amide bonds. The van der Waals surface area contributed by atoms with Gasteiger partial charge in [-0.3, -0.25) is 9.69 Å². The van der Waals surface area contributed by atoms with Gasteiger partial charge >= 0.3 is 6.09 Å². The number of rotatable bonds is 5. The van der Waals surface area contributed by atoms with Crippen LogP contribution < -0.4 is 4.74 Å². The summed E-state index contributed by atoms with van der Waals surface area (Å²) in [6.07, 6.45) is -0.696. The minimum absolute atomic E-state index is 0.0129. The summed E-state index contributed by atoms with van der Waals surface area (Å²) in [6.45, 7) is 4.98. The summed E-state index contributed by atoms with van der Waals surface area (Å²) in [5.74, 6) is -0.00352. The maximum atomic E-state index is 12.9. The summed E-state index contributed by atoms with van der Waals surface area (Å²) in [6, 6.07) is 15.5. The van der Waals surface area contributed by atoms with Crippen molar-refractivity contribution in [1.82, 2.24) is 4.90 Å². The zero-order valence-electron chi connectivity index (χ0n) is 17.2. The molecule has 1 saturated heterocycles. The van der Waals surface area contributed by atoms with Crippen molar-refractivity contribution in [3.05, 3.63) is 60.2 Å². The van der Waals surface area contributed by atoms with Crippen LogP contribution in [0.3, 0.4) is 0 Å². The van der Waals surface area contributed by atoms with Crippen LogP contribution in [-0.2, 0) is 26.0 Å². The molecule has 0 aliphatic carbocycles. The Hall–Kier alpha value is -2.87. The zero-order chi connectivity index (χ0) is 21.9. The first-order chi connectivity index (χ1) is 14.1. The molecular weight excluding hydrogens is 406 g/mol. The lowest BCUT2D eigenvalue weighted by molar-refractivity contribution is -0.116. The molecule has 1 atom stereocenters. The zero-order valence-corrected chi connectivity index (χ0v) is 18.0. The first-order valence-corrected chi connectivity index (χ1v) is 11.1. The van der Waals surface area contributed by atoms with E-state index in [0.717, 1.165) is 10.5 Å². The Kier molecular flexibility index (Phi) is 6.17. The fourth-order valence-electron chi connectivity index (χ4n) is 3.02. The number of benzene rings is 2. The van der Waals surface area contributed by atoms with Gasteiger partial charge < -0.3 is 9.47 Å². The molecule has 0 spiro atoms. The topological polar surface area (TPSA) is 90.0 Å². The van der Waals surface area contributed by atoms with Gasteiger partial charge in [0, 0.05) is 6.54 Å². The maximum absolute atomic E-state index is 12.9. The van der Waals surface area contributed by atoms with Crippen LogP contribution >= 0.6 is 0 Å². The normalized spacial score (nSPS) is 17.1. The van der Waals surface area contributed by atoms with Crippen molar-refractivity contribution in [3.63, 3.8) is 0 Å². The number of carbonyl (C=O) groups excluding carboxylic acids is 2. The number of nitrogens with zero attached hydrogens (tertiary/aromatic N) is 1. The van der Waals surface area contributed by atoms with E-state index in [1.807, 2.05) is 30.3 Å². The molecule has 0 radical (unpaired) electrons. The van der Waals surface area contributed by atoms with Gasteiger partial charge in [0.05, 0.1) is 11.4 Å². The summed E-state index contributed by atoms with van der Waals surface area (Å²) in [4.78, 5) is 25.7. The minimum Gasteiger partial charge on any atom is -0.489 e. The van der Waals surface area contributed by atoms with Crippen LogP contribution in [-0.4, -0.2) is 49.1 Å². The number of carbonyl (C=O) groups is 2. The monoisotopic (exact) mass is 431 g/mol. The van der Waals surface area contributed by atoms with E-state index in [1.165, 1.54) is 12.1 Å². The first kappa shape index (κ1) is 21.8. The Bertz CT molecular complexity index is 1010. The number of Topliss-reactive ketones (excluding diaryl/α,β-unsaturated/α-hetero) is 1. The highest BCUT2D eigenvalue weighted by Gasteiger charge is 2.43. The Balaban J connectivity index is 1.67. The van der Waals surface area contributed by atoms with Gasteiger partial charge in [-0.15, -0.1) is 0 Å². The summed E-state index contributed by atoms with van der Waals surface area (Å²) in [5.41, 5.74) is 0.264. The van der Waals surface area contributed by atoms with Crippen molar-refractivity contribution in [1.29, 1.82) is 0 Å². The molecule has 1 fully saturated rings. The fraction of sp³-hybridized carbons (Fsp3) is 0.364. The average molecular weight is 432 g/mol. The third-order valence-electron chi connectivity index (χ3n) is 4.52. The van der Waals surface area contributed by atoms with Crippen molar-refractivity contribution >= 4 is 21.7 Å². The Morgan fingerprint density at radius 2 is 1.70 bits per heavy atom. The fourth-order valence-corrected chi connectivity index (χ4v) is 4.66. The molecule has 1 aliphatic heterocycles. The molecular formula is C22H25NO6S. The van der Waals surface area contributed by atoms with E-state index in [0.29, 0.717) is 12.4 Å². The van der Waals surface area contributed by atoms with E-state index in [9.17, 15) is 18.0 Å². The van der Waals surface area contributed by atoms with Gasteiger partial charge in [-0.2, -0.15) is 0 Å². The van der Waals surface area contributed by atoms with Crippen LogP contribution in [0.15, 0.2) is 59.5 Å². The van der Waals surface area contributed by atoms with Gasteiger partial charge in [0.15, 0.2) is 15.6 Å². The van der Waals surface area contributed by atoms with Gasteiger partial charge in [0.1, 0.15) is 23.2 Å². The molecule has 0 unspecified atom stereocenters. The van der Waals surface area contributed by atoms with Crippen LogP contribution in [0.4, 0.5) is 4.79 Å². The summed E-state index contributed by atoms with van der Waals surface area (Å²) >= 11 is 0. The van der Waals surface area contributed by atoms with Crippen LogP contribution in [0.5, 0.6) is 5.75 Å². The van der Waals surface area contributed by atoms with Crippen LogP contribution in [0, 0.1) is 0 Å². The Morgan fingerprint density at radius 3 is 2.30 bits per heavy atom. The predicted octanol–water partition coefficient (Wildman–Crippen LogP) is 3.23. The predicted molar refractivity (Wildman–Crippen MR) is 111 cm³/mol. The van der Waals surface area contributed by atoms with E-state index in [-0.39, 0.29) is 18.0 Å². The largest absolute Gasteiger partial charge is 0.489 e. The van der Waals surface area contributed by atoms with Gasteiger partial charge in [0.25, 0.3) is 0 Å². The van der Waals surface area contributed by atoms with E-state index in [1.54, 1.807) is 32.9 Å². The SMILES string of the molecule is CC(C)(C)OC(=O)N1CC(=O)[C@@H](S(=O)(=O)c2ccc(OCc3ccccc3)cc2)C1. The molecule has 1 aliphatic rings. The second-order valence-electron chi connectivity index (χ2n) is 8.11. The molecule has 2 aromatic rings. The van der Waals surface area contributed by atoms with Crippen molar-refractivity contribution in [3.8, 4) is 5.75 Å². The highest BCUT2D eigenvalue weighted by atomic mass is 32.2. The quantitative estimate of drug-likeness (QED) is 0.722. The molecule has 7 nitrogen and oxygen atoms in total. The number of ketones is 1. The number of likely N-dealkylation sites (tertiary alicyclic amines) is 1. The Morgan fingerprint density at radius 1 is 1.07 bits per heavy atom. The molecule has 160 valence electrons. The van der Waals surface area contributed by atoms with E-state index < -0.39 is 32.6 Å².